The summed E-state index contributed by atoms with van der Waals surface area (Å²) in [5.74, 6) is -9.34. The molecule has 0 aromatic rings. The number of carbonyl (C=O) groups excluding carboxylic acids is 5. The molecule has 0 radical (unpaired) electrons. The Balaban J connectivity index is 0.000000256. The van der Waals surface area contributed by atoms with E-state index in [4.69, 9.17) is 52.1 Å². The number of esters is 1. The third kappa shape index (κ3) is 18.3. The maximum absolute atomic E-state index is 14.6. The van der Waals surface area contributed by atoms with Crippen LogP contribution in [0.4, 0.5) is 0 Å². The zero-order chi connectivity index (χ0) is 82.2. The molecular formula is C88H148N2O21. The maximum Gasteiger partial charge on any atom is 0.303 e. The fourth-order valence-corrected chi connectivity index (χ4v) is 21.7. The van der Waals surface area contributed by atoms with Crippen LogP contribution in [0.2, 0.25) is 0 Å². The van der Waals surface area contributed by atoms with Gasteiger partial charge in [-0.05, 0) is 191 Å². The third-order valence-electron chi connectivity index (χ3n) is 29.7. The van der Waals surface area contributed by atoms with E-state index in [1.54, 1.807) is 27.1 Å². The van der Waals surface area contributed by atoms with Gasteiger partial charge in [0.15, 0.2) is 17.7 Å². The molecule has 23 heteroatoms. The van der Waals surface area contributed by atoms with Crippen molar-refractivity contribution >= 4 is 29.4 Å². The van der Waals surface area contributed by atoms with Crippen molar-refractivity contribution in [3.05, 3.63) is 24.3 Å². The SMILES string of the molecule is CC[C@@H](C(=O)[C@@H](C)[C@@H](O)[C@H](C)[C@@H]1O[C@@H]([C@@H](CC)C(=O)NC)CC[C@@H]1C)[C@H]1O[C@]2(C=C[C@@H](O)[C@]3(CC[C@@](C)([C@H]4CC[C@](O)(CC)[C@H](C)O4)O3)O2)[C@H](C)C[C@@H]1C.CC[C@@H](C(=O)[C@@H](C)[C@@H](O)[C@H](C)[C@@H]1O[C@@H]([C@@H](CC)C(=O)NC)CC[C@@H]1C)[C@H]1O[C@]2(C=C[C@@H](OC(C)=O)[C@]3(CC[C@@](C)([C@H]4CC[C@](O)(CC)[C@H](C)O4)O3)O2)[C@H](C)C[C@@H]1C. The van der Waals surface area contributed by atoms with E-state index in [9.17, 15) is 49.5 Å². The first-order valence-corrected chi connectivity index (χ1v) is 43.4. The molecule has 0 aromatic heterocycles. The van der Waals surface area contributed by atoms with Crippen LogP contribution in [-0.4, -0.2) is 200 Å². The zero-order valence-corrected chi connectivity index (χ0v) is 71.9. The van der Waals surface area contributed by atoms with Crippen molar-refractivity contribution < 1.29 is 102 Å². The van der Waals surface area contributed by atoms with Crippen LogP contribution in [0.3, 0.4) is 0 Å². The standard InChI is InChI=1S/C45H75NO11.C43H73NO10/c1-13-32(41(50)46-12)34-17-16-25(4)39(54-34)29(8)37(48)28(7)38(49)33(14-2)40-26(5)24-27(6)44(55-40)21-19-36(53-31(10)47)45(57-44)23-22-42(11,56-45)35-18-20-43(51,15-3)30(9)52-35;1-12-30(39(48)44-11)32-16-15-24(4)37(51-32)28(8)35(46)27(7)36(47)31(13-2)38-25(5)23-26(6)42(52-38)20-17-33(45)43(54-42)22-21-40(10,53-43)34-18-19-41(49,14-3)29(9)50-34/h19,21,25-30,32-37,39-40,48,51H,13-18,20,22-24H2,1-12H3,(H,46,50);17,20,24-35,37-38,45-46,49H,12-16,18-19,21-23H2,1-11H3,(H,44,48)/t25-,26-,27+,28-,29-,30-,32+,33-,34+,35+,36+,37+,39+,40-,42-,43+,44-,45-;24-,25-,26+,27-,28-,29-,30+,31-,32+,33+,34+,35+,37+,38-,40-,41+,42-,43-/m00/s1. The largest absolute Gasteiger partial charge is 0.453 e. The number of hydrogen-bond acceptors (Lipinski definition) is 21. The minimum absolute atomic E-state index is 0.00258. The van der Waals surface area contributed by atoms with Gasteiger partial charge < -0.3 is 88.3 Å². The first-order chi connectivity index (χ1) is 52.1. The Kier molecular flexibility index (Phi) is 30.1. The van der Waals surface area contributed by atoms with Crippen LogP contribution in [0.5, 0.6) is 0 Å². The minimum atomic E-state index is -1.37. The molecule has 10 heterocycles. The lowest BCUT2D eigenvalue weighted by atomic mass is 9.72. The highest BCUT2D eigenvalue weighted by atomic mass is 16.8. The van der Waals surface area contributed by atoms with Crippen LogP contribution >= 0.6 is 0 Å². The molecule has 10 aliphatic rings. The number of Topliss-reactive ketones (excluding diaryl/α,β-unsaturated/α-hetero) is 2. The van der Waals surface area contributed by atoms with E-state index >= 15 is 0 Å². The second kappa shape index (κ2) is 36.5. The number of ketones is 2. The van der Waals surface area contributed by atoms with Crippen molar-refractivity contribution in [2.45, 2.75) is 405 Å². The molecule has 2 amide bonds. The smallest absolute Gasteiger partial charge is 0.303 e. The summed E-state index contributed by atoms with van der Waals surface area (Å²) in [5.41, 5.74) is -3.30. The van der Waals surface area contributed by atoms with Gasteiger partial charge in [-0.25, -0.2) is 0 Å². The molecule has 0 aliphatic carbocycles. The molecule has 111 heavy (non-hydrogen) atoms. The maximum atomic E-state index is 14.6. The topological polar surface area (TPSA) is 312 Å². The summed E-state index contributed by atoms with van der Waals surface area (Å²) in [5, 5.41) is 62.8. The van der Waals surface area contributed by atoms with Gasteiger partial charge in [0.05, 0.1) is 107 Å². The predicted molar refractivity (Wildman–Crippen MR) is 420 cm³/mol. The summed E-state index contributed by atoms with van der Waals surface area (Å²) in [7, 11) is 3.29. The Morgan fingerprint density at radius 3 is 1.23 bits per heavy atom. The second-order valence-corrected chi connectivity index (χ2v) is 37.0. The van der Waals surface area contributed by atoms with Crippen molar-refractivity contribution in [1.82, 2.24) is 10.6 Å². The van der Waals surface area contributed by atoms with Gasteiger partial charge in [-0.3, -0.25) is 24.0 Å². The molecule has 0 bridgehead atoms. The van der Waals surface area contributed by atoms with E-state index in [2.05, 4.69) is 52.2 Å². The van der Waals surface area contributed by atoms with Crippen LogP contribution in [0, 0.1) is 82.9 Å². The van der Waals surface area contributed by atoms with Gasteiger partial charge in [0.2, 0.25) is 23.4 Å². The third-order valence-corrected chi connectivity index (χ3v) is 29.7. The Morgan fingerprint density at radius 2 is 0.865 bits per heavy atom. The summed E-state index contributed by atoms with van der Waals surface area (Å²) in [6.07, 6.45) is 12.8. The summed E-state index contributed by atoms with van der Waals surface area (Å²) in [6, 6.07) is 0. The Hall–Kier alpha value is -3.37. The van der Waals surface area contributed by atoms with Gasteiger partial charge in [0.25, 0.3) is 0 Å². The fraction of sp³-hybridized carbons (Fsp3) is 0.898. The summed E-state index contributed by atoms with van der Waals surface area (Å²) in [4.78, 5) is 66.8. The Labute approximate surface area is 664 Å². The molecule has 23 nitrogen and oxygen atoms in total. The fourth-order valence-electron chi connectivity index (χ4n) is 21.7. The van der Waals surface area contributed by atoms with Crippen molar-refractivity contribution in [3.8, 4) is 0 Å². The van der Waals surface area contributed by atoms with Crippen LogP contribution < -0.4 is 10.6 Å². The summed E-state index contributed by atoms with van der Waals surface area (Å²) < 4.78 is 73.8. The van der Waals surface area contributed by atoms with Crippen LogP contribution in [0.15, 0.2) is 24.3 Å². The number of aliphatic hydroxyl groups excluding tert-OH is 3. The Bertz CT molecular complexity index is 3210. The molecule has 36 atom stereocenters. The molecule has 636 valence electrons. The van der Waals surface area contributed by atoms with Gasteiger partial charge in [-0.1, -0.05) is 111 Å². The molecular weight excluding hydrogens is 1420 g/mol. The van der Waals surface area contributed by atoms with Crippen molar-refractivity contribution in [2.75, 3.05) is 14.1 Å². The first kappa shape index (κ1) is 91.5. The molecule has 4 spiro atoms. The highest BCUT2D eigenvalue weighted by Gasteiger charge is 2.67. The minimum Gasteiger partial charge on any atom is -0.453 e. The van der Waals surface area contributed by atoms with Gasteiger partial charge in [-0.2, -0.15) is 0 Å². The highest BCUT2D eigenvalue weighted by Crippen LogP contribution is 2.57. The molecule has 0 aromatic carbocycles. The number of carbonyl (C=O) groups is 5. The van der Waals surface area contributed by atoms with E-state index in [-0.39, 0.29) is 131 Å². The number of rotatable bonds is 25. The number of aliphatic hydroxyl groups is 5. The van der Waals surface area contributed by atoms with Gasteiger partial charge in [0, 0.05) is 81.2 Å². The average Bonchev–Trinajstić information content (AvgIpc) is 1.58. The molecule has 0 saturated carbocycles. The van der Waals surface area contributed by atoms with Crippen LogP contribution in [0.25, 0.3) is 0 Å². The van der Waals surface area contributed by atoms with E-state index in [1.165, 1.54) is 6.92 Å². The van der Waals surface area contributed by atoms with E-state index in [1.807, 2.05) is 108 Å². The van der Waals surface area contributed by atoms with Crippen molar-refractivity contribution in [1.29, 1.82) is 0 Å². The average molecular weight is 1570 g/mol. The van der Waals surface area contributed by atoms with Gasteiger partial charge in [-0.15, -0.1) is 0 Å². The molecule has 7 N–H and O–H groups in total. The second-order valence-electron chi connectivity index (χ2n) is 37.0. The summed E-state index contributed by atoms with van der Waals surface area (Å²) >= 11 is 0. The molecule has 8 saturated heterocycles. The number of hydrogen-bond donors (Lipinski definition) is 7. The van der Waals surface area contributed by atoms with E-state index in [0.29, 0.717) is 96.3 Å². The Morgan fingerprint density at radius 1 is 0.486 bits per heavy atom. The van der Waals surface area contributed by atoms with Gasteiger partial charge in [0.1, 0.15) is 17.7 Å². The lowest BCUT2D eigenvalue weighted by Gasteiger charge is -2.54. The van der Waals surface area contributed by atoms with Crippen molar-refractivity contribution in [2.24, 2.45) is 82.9 Å². The van der Waals surface area contributed by atoms with Gasteiger partial charge >= 0.3 is 5.97 Å². The quantitative estimate of drug-likeness (QED) is 0.0330. The first-order valence-electron chi connectivity index (χ1n) is 43.4. The van der Waals surface area contributed by atoms with Crippen molar-refractivity contribution in [3.63, 3.8) is 0 Å². The lowest BCUT2D eigenvalue weighted by Crippen LogP contribution is -2.63. The normalized spacial score (nSPS) is 44.5. The van der Waals surface area contributed by atoms with Crippen LogP contribution in [-0.2, 0) is 76.1 Å². The lowest BCUT2D eigenvalue weighted by molar-refractivity contribution is -0.409. The van der Waals surface area contributed by atoms with Crippen LogP contribution in [0.1, 0.15) is 274 Å². The predicted octanol–water partition coefficient (Wildman–Crippen LogP) is 12.3. The molecule has 10 rings (SSSR count). The molecule has 0 unspecified atom stereocenters. The number of amides is 2. The number of nitrogens with one attached hydrogen (secondary N) is 2. The molecule has 10 aliphatic heterocycles. The van der Waals surface area contributed by atoms with E-state index in [0.717, 1.165) is 32.1 Å². The zero-order valence-electron chi connectivity index (χ0n) is 71.9. The molecule has 8 fully saturated rings. The van der Waals surface area contributed by atoms with E-state index < -0.39 is 112 Å². The monoisotopic (exact) mass is 1570 g/mol. The number of ether oxygens (including phenoxy) is 11. The highest BCUT2D eigenvalue weighted by molar-refractivity contribution is 5.85. The summed E-state index contributed by atoms with van der Waals surface area (Å²) in [6.45, 7) is 41.2.